The van der Waals surface area contributed by atoms with E-state index in [9.17, 15) is 15.0 Å². The molecule has 42 heavy (non-hydrogen) atoms. The van der Waals surface area contributed by atoms with E-state index in [-0.39, 0.29) is 54.4 Å². The maximum atomic E-state index is 13.5. The second-order valence-electron chi connectivity index (χ2n) is 11.1. The minimum atomic E-state index is -0.964. The van der Waals surface area contributed by atoms with Gasteiger partial charge in [-0.25, -0.2) is 0 Å². The number of phenols is 1. The maximum absolute atomic E-state index is 13.5. The highest BCUT2D eigenvalue weighted by molar-refractivity contribution is 8.00. The lowest BCUT2D eigenvalue weighted by molar-refractivity contribution is -0.295. The number of carbonyl (C=O) groups excluding carboxylic acids is 1. The van der Waals surface area contributed by atoms with Crippen LogP contribution in [0, 0.1) is 11.8 Å². The molecular formula is C29H33NO11S. The third-order valence-corrected chi connectivity index (χ3v) is 10.4. The van der Waals surface area contributed by atoms with Crippen LogP contribution in [0.25, 0.3) is 0 Å². The summed E-state index contributed by atoms with van der Waals surface area (Å²) in [5.74, 6) is -0.155. The molecule has 7 rings (SSSR count). The van der Waals surface area contributed by atoms with Crippen molar-refractivity contribution in [2.24, 2.45) is 17.6 Å². The minimum absolute atomic E-state index is 0.0841. The van der Waals surface area contributed by atoms with Crippen LogP contribution in [0.15, 0.2) is 24.3 Å². The first kappa shape index (κ1) is 27.9. The van der Waals surface area contributed by atoms with Gasteiger partial charge in [0, 0.05) is 17.1 Å². The van der Waals surface area contributed by atoms with Gasteiger partial charge in [0.05, 0.1) is 39.4 Å². The Hall–Kier alpha value is -2.94. The zero-order valence-electron chi connectivity index (χ0n) is 23.3. The Morgan fingerprint density at radius 2 is 1.67 bits per heavy atom. The number of aliphatic hydroxyl groups excluding tert-OH is 1. The normalized spacial score (nSPS) is 36.5. The molecule has 1 unspecified atom stereocenters. The maximum Gasteiger partial charge on any atom is 0.310 e. The van der Waals surface area contributed by atoms with E-state index >= 15 is 0 Å². The van der Waals surface area contributed by atoms with Crippen molar-refractivity contribution in [3.05, 3.63) is 41.0 Å². The Morgan fingerprint density at radius 3 is 2.36 bits per heavy atom. The predicted octanol–water partition coefficient (Wildman–Crippen LogP) is 2.02. The Morgan fingerprint density at radius 1 is 0.976 bits per heavy atom. The van der Waals surface area contributed by atoms with Gasteiger partial charge >= 0.3 is 5.97 Å². The van der Waals surface area contributed by atoms with Crippen LogP contribution >= 0.6 is 11.8 Å². The molecule has 1 aliphatic carbocycles. The fourth-order valence-electron chi connectivity index (χ4n) is 6.78. The average Bonchev–Trinajstić information content (AvgIpc) is 3.61. The summed E-state index contributed by atoms with van der Waals surface area (Å²) in [7, 11) is 2.92. The number of cyclic esters (lactones) is 1. The number of methoxy groups -OCH3 is 2. The summed E-state index contributed by atoms with van der Waals surface area (Å²) in [5.41, 5.74) is 8.40. The lowest BCUT2D eigenvalue weighted by Crippen LogP contribution is -2.64. The van der Waals surface area contributed by atoms with Crippen LogP contribution in [0.2, 0.25) is 0 Å². The largest absolute Gasteiger partial charge is 0.502 e. The van der Waals surface area contributed by atoms with Gasteiger partial charge < -0.3 is 53.8 Å². The molecule has 4 heterocycles. The van der Waals surface area contributed by atoms with Crippen molar-refractivity contribution < 1.29 is 52.9 Å². The van der Waals surface area contributed by atoms with Crippen molar-refractivity contribution in [2.45, 2.75) is 54.2 Å². The fraction of sp³-hybridized carbons (Fsp3) is 0.552. The van der Waals surface area contributed by atoms with Crippen molar-refractivity contribution in [2.75, 3.05) is 34.2 Å². The molecule has 12 nitrogen and oxygen atoms in total. The Balaban J connectivity index is 1.32. The van der Waals surface area contributed by atoms with Gasteiger partial charge in [0.25, 0.3) is 0 Å². The summed E-state index contributed by atoms with van der Waals surface area (Å²) in [5, 5.41) is 21.4. The smallest absolute Gasteiger partial charge is 0.310 e. The van der Waals surface area contributed by atoms with Crippen LogP contribution in [0.1, 0.15) is 34.8 Å². The highest BCUT2D eigenvalue weighted by atomic mass is 32.2. The van der Waals surface area contributed by atoms with Crippen LogP contribution in [-0.2, 0) is 23.7 Å². The number of thioether (sulfide) groups is 1. The lowest BCUT2D eigenvalue weighted by Gasteiger charge is -2.48. The number of aliphatic hydroxyl groups is 1. The summed E-state index contributed by atoms with van der Waals surface area (Å²) >= 11 is 1.46. The number of nitrogens with two attached hydrogens (primary N) is 1. The molecule has 0 amide bonds. The number of phenolic OH excluding ortho intramolecular Hbond substituents is 1. The minimum Gasteiger partial charge on any atom is -0.502 e. The quantitative estimate of drug-likeness (QED) is 0.427. The number of hydrogen-bond donors (Lipinski definition) is 3. The molecule has 2 aromatic rings. The third kappa shape index (κ3) is 4.37. The van der Waals surface area contributed by atoms with Crippen LogP contribution in [0.3, 0.4) is 0 Å². The molecule has 226 valence electrons. The molecular weight excluding hydrogens is 570 g/mol. The molecule has 0 saturated carbocycles. The zero-order chi connectivity index (χ0) is 29.3. The van der Waals surface area contributed by atoms with Crippen LogP contribution in [0.4, 0.5) is 0 Å². The highest BCUT2D eigenvalue weighted by Gasteiger charge is 2.55. The summed E-state index contributed by atoms with van der Waals surface area (Å²) in [4.78, 5) is 13.5. The number of rotatable bonds is 5. The number of fused-ring (bicyclic) bond motifs is 4. The number of esters is 1. The molecule has 0 radical (unpaired) electrons. The first-order valence-electron chi connectivity index (χ1n) is 13.9. The Bertz CT molecular complexity index is 1360. The third-order valence-electron chi connectivity index (χ3n) is 8.83. The SMILES string of the molecule is COc1cc([C@H]2c3cc4c(cc3[C@H](S[C@@H]3O[C@@H]5COC(C)O[C@H]5[C@H](O)[C@H]3N)[C@H]3COC(=O)[C@H]23)OCO4)cc(OC)c1O. The molecule has 0 spiro atoms. The van der Waals surface area contributed by atoms with E-state index in [2.05, 4.69) is 0 Å². The van der Waals surface area contributed by atoms with Gasteiger partial charge in [-0.1, -0.05) is 0 Å². The van der Waals surface area contributed by atoms with E-state index in [4.69, 9.17) is 43.6 Å². The number of carbonyl (C=O) groups is 1. The predicted molar refractivity (Wildman–Crippen MR) is 147 cm³/mol. The molecule has 13 heteroatoms. The van der Waals surface area contributed by atoms with Gasteiger partial charge in [-0.3, -0.25) is 4.79 Å². The van der Waals surface area contributed by atoms with E-state index in [1.54, 1.807) is 19.1 Å². The number of aromatic hydroxyl groups is 1. The van der Waals surface area contributed by atoms with E-state index < -0.39 is 47.9 Å². The van der Waals surface area contributed by atoms with Gasteiger partial charge in [-0.2, -0.15) is 0 Å². The molecule has 2 aromatic carbocycles. The van der Waals surface area contributed by atoms with Crippen molar-refractivity contribution in [1.29, 1.82) is 0 Å². The van der Waals surface area contributed by atoms with E-state index in [1.807, 2.05) is 12.1 Å². The van der Waals surface area contributed by atoms with Gasteiger partial charge in [0.1, 0.15) is 23.7 Å². The fourth-order valence-corrected chi connectivity index (χ4v) is 8.42. The molecule has 3 saturated heterocycles. The second-order valence-corrected chi connectivity index (χ2v) is 12.3. The van der Waals surface area contributed by atoms with Crippen molar-refractivity contribution >= 4 is 17.7 Å². The molecule has 10 atom stereocenters. The molecule has 4 N–H and O–H groups in total. The zero-order valence-corrected chi connectivity index (χ0v) is 24.1. The molecule has 4 aliphatic heterocycles. The van der Waals surface area contributed by atoms with Crippen LogP contribution in [0.5, 0.6) is 28.7 Å². The van der Waals surface area contributed by atoms with E-state index in [0.717, 1.165) is 11.1 Å². The number of ether oxygens (including phenoxy) is 8. The second kappa shape index (κ2) is 10.6. The van der Waals surface area contributed by atoms with Crippen molar-refractivity contribution in [1.82, 2.24) is 0 Å². The standard InChI is InChI=1S/C29H33NO11S/c1-11-36-9-20-26(40-11)25(32)23(30)29(41-20)42-27-14-7-17-16(38-10-39-17)6-13(14)21(22-15(27)8-37-28(22)33)12-4-18(34-2)24(31)19(5-12)35-3/h4-7,11,15,20-23,25-27,29,31-32H,8-10,30H2,1-3H3/t11?,15-,20+,21-,22-,23+,25+,26+,27-,29-/m0/s1. The monoisotopic (exact) mass is 603 g/mol. The average molecular weight is 604 g/mol. The van der Waals surface area contributed by atoms with Crippen molar-refractivity contribution in [3.63, 3.8) is 0 Å². The highest BCUT2D eigenvalue weighted by Crippen LogP contribution is 2.60. The first-order chi connectivity index (χ1) is 20.3. The summed E-state index contributed by atoms with van der Waals surface area (Å²) < 4.78 is 45.9. The van der Waals surface area contributed by atoms with Gasteiger partial charge in [0.2, 0.25) is 12.5 Å². The van der Waals surface area contributed by atoms with Crippen LogP contribution in [-0.4, -0.2) is 86.5 Å². The van der Waals surface area contributed by atoms with Gasteiger partial charge in [-0.05, 0) is 47.9 Å². The topological polar surface area (TPSA) is 157 Å². The lowest BCUT2D eigenvalue weighted by atomic mass is 9.67. The van der Waals surface area contributed by atoms with Gasteiger partial charge in [0.15, 0.2) is 29.3 Å². The molecule has 0 bridgehead atoms. The summed E-state index contributed by atoms with van der Waals surface area (Å²) in [6.45, 7) is 2.32. The van der Waals surface area contributed by atoms with Crippen LogP contribution < -0.4 is 24.7 Å². The summed E-state index contributed by atoms with van der Waals surface area (Å²) in [6, 6.07) is 6.53. The number of hydrogen-bond acceptors (Lipinski definition) is 13. The van der Waals surface area contributed by atoms with E-state index in [1.165, 1.54) is 26.0 Å². The van der Waals surface area contributed by atoms with E-state index in [0.29, 0.717) is 17.1 Å². The number of benzene rings is 2. The molecule has 3 fully saturated rings. The Labute approximate surface area is 246 Å². The first-order valence-corrected chi connectivity index (χ1v) is 14.8. The van der Waals surface area contributed by atoms with Crippen molar-refractivity contribution in [3.8, 4) is 28.7 Å². The molecule has 5 aliphatic rings. The Kier molecular flexibility index (Phi) is 7.07. The molecule has 0 aromatic heterocycles. The summed E-state index contributed by atoms with van der Waals surface area (Å²) in [6.07, 6.45) is -2.52. The van der Waals surface area contributed by atoms with Gasteiger partial charge in [-0.15, -0.1) is 11.8 Å².